The van der Waals surface area contributed by atoms with Crippen LogP contribution in [0.1, 0.15) is 18.5 Å². The van der Waals surface area contributed by atoms with Gasteiger partial charge in [-0.15, -0.1) is 0 Å². The molecule has 0 aliphatic carbocycles. The monoisotopic (exact) mass is 456 g/mol. The molecule has 2 aromatic carbocycles. The summed E-state index contributed by atoms with van der Waals surface area (Å²) in [6.07, 6.45) is 0. The van der Waals surface area contributed by atoms with Gasteiger partial charge in [0.05, 0.1) is 38.6 Å². The molecule has 1 atom stereocenters. The summed E-state index contributed by atoms with van der Waals surface area (Å²) in [6, 6.07) is 10.4. The lowest BCUT2D eigenvalue weighted by molar-refractivity contribution is -0.136. The molecule has 8 nitrogen and oxygen atoms in total. The van der Waals surface area contributed by atoms with Gasteiger partial charge in [0.15, 0.2) is 16.6 Å². The van der Waals surface area contributed by atoms with Gasteiger partial charge in [-0.1, -0.05) is 0 Å². The van der Waals surface area contributed by atoms with Crippen molar-refractivity contribution in [3.8, 4) is 23.0 Å². The summed E-state index contributed by atoms with van der Waals surface area (Å²) >= 11 is 5.71. The normalized spacial score (nSPS) is 17.6. The van der Waals surface area contributed by atoms with E-state index in [-0.39, 0.29) is 0 Å². The van der Waals surface area contributed by atoms with Crippen LogP contribution in [-0.4, -0.2) is 45.6 Å². The number of rotatable bonds is 5. The number of carbonyl (C=O) groups is 1. The van der Waals surface area contributed by atoms with Crippen LogP contribution < -0.4 is 29.2 Å². The molecule has 1 N–H and O–H groups in total. The van der Waals surface area contributed by atoms with Gasteiger partial charge in [-0.05, 0) is 43.4 Å². The number of thiocarbonyl (C=S) groups is 1. The largest absolute Gasteiger partial charge is 0.497 e. The summed E-state index contributed by atoms with van der Waals surface area (Å²) in [7, 11) is 4.50. The van der Waals surface area contributed by atoms with Gasteiger partial charge in [0.2, 0.25) is 0 Å². The van der Waals surface area contributed by atoms with Crippen molar-refractivity contribution in [2.24, 2.45) is 0 Å². The number of nitrogens with zero attached hydrogens (tertiary/aromatic N) is 1. The Labute approximate surface area is 191 Å². The maximum absolute atomic E-state index is 12.9. The summed E-state index contributed by atoms with van der Waals surface area (Å²) in [6.45, 7) is 2.81. The van der Waals surface area contributed by atoms with Crippen LogP contribution in [0.5, 0.6) is 23.0 Å². The number of allylic oxidation sites excluding steroid dienone is 1. The highest BCUT2D eigenvalue weighted by molar-refractivity contribution is 7.80. The van der Waals surface area contributed by atoms with Crippen molar-refractivity contribution in [1.82, 2.24) is 5.32 Å². The van der Waals surface area contributed by atoms with E-state index in [1.807, 2.05) is 31.2 Å². The van der Waals surface area contributed by atoms with Crippen LogP contribution in [-0.2, 0) is 9.53 Å². The number of nitrogens with one attached hydrogen (secondary N) is 1. The van der Waals surface area contributed by atoms with E-state index in [0.717, 1.165) is 11.3 Å². The third-order valence-corrected chi connectivity index (χ3v) is 5.73. The van der Waals surface area contributed by atoms with Crippen LogP contribution in [0.15, 0.2) is 47.7 Å². The minimum atomic E-state index is -0.565. The predicted octanol–water partition coefficient (Wildman–Crippen LogP) is 3.36. The van der Waals surface area contributed by atoms with Crippen molar-refractivity contribution in [3.05, 3.63) is 53.2 Å². The van der Waals surface area contributed by atoms with Crippen LogP contribution in [0.25, 0.3) is 0 Å². The van der Waals surface area contributed by atoms with Gasteiger partial charge < -0.3 is 29.0 Å². The van der Waals surface area contributed by atoms with Crippen LogP contribution in [0.3, 0.4) is 0 Å². The Bertz CT molecular complexity index is 1100. The third-order valence-electron chi connectivity index (χ3n) is 5.43. The molecule has 2 aliphatic rings. The molecule has 0 bridgehead atoms. The molecule has 2 aliphatic heterocycles. The zero-order valence-electron chi connectivity index (χ0n) is 18.3. The van der Waals surface area contributed by atoms with Gasteiger partial charge in [-0.2, -0.15) is 0 Å². The number of carbonyl (C=O) groups excluding carboxylic acids is 1. The first-order valence-electron chi connectivity index (χ1n) is 9.99. The Morgan fingerprint density at radius 2 is 1.81 bits per heavy atom. The summed E-state index contributed by atoms with van der Waals surface area (Å²) in [5.41, 5.74) is 2.53. The number of ether oxygens (including phenoxy) is 5. The van der Waals surface area contributed by atoms with Crippen molar-refractivity contribution in [3.63, 3.8) is 0 Å². The molecule has 168 valence electrons. The van der Waals surface area contributed by atoms with Gasteiger partial charge in [0.1, 0.15) is 24.7 Å². The zero-order chi connectivity index (χ0) is 22.8. The Kier molecular flexibility index (Phi) is 6.09. The fraction of sp³-hybridized carbons (Fsp3) is 0.304. The summed E-state index contributed by atoms with van der Waals surface area (Å²) in [5, 5.41) is 3.70. The number of methoxy groups -OCH3 is 3. The molecule has 0 saturated heterocycles. The molecule has 0 saturated carbocycles. The second kappa shape index (κ2) is 8.96. The van der Waals surface area contributed by atoms with Crippen LogP contribution in [0.2, 0.25) is 0 Å². The van der Waals surface area contributed by atoms with Crippen molar-refractivity contribution < 1.29 is 28.5 Å². The van der Waals surface area contributed by atoms with E-state index >= 15 is 0 Å². The van der Waals surface area contributed by atoms with E-state index in [0.29, 0.717) is 52.6 Å². The predicted molar refractivity (Wildman–Crippen MR) is 123 cm³/mol. The first-order valence-corrected chi connectivity index (χ1v) is 10.4. The Morgan fingerprint density at radius 1 is 1.06 bits per heavy atom. The highest BCUT2D eigenvalue weighted by atomic mass is 32.1. The summed E-state index contributed by atoms with van der Waals surface area (Å²) in [4.78, 5) is 14.7. The number of benzene rings is 2. The van der Waals surface area contributed by atoms with Crippen molar-refractivity contribution in [1.29, 1.82) is 0 Å². The maximum atomic E-state index is 12.9. The fourth-order valence-electron chi connectivity index (χ4n) is 3.89. The average molecular weight is 457 g/mol. The lowest BCUT2D eigenvalue weighted by Crippen LogP contribution is -2.48. The minimum Gasteiger partial charge on any atom is -0.497 e. The van der Waals surface area contributed by atoms with E-state index in [4.69, 9.17) is 35.9 Å². The molecule has 4 rings (SSSR count). The number of anilines is 1. The first kappa shape index (κ1) is 21.8. The second-order valence-corrected chi connectivity index (χ2v) is 7.53. The average Bonchev–Trinajstić information content (AvgIpc) is 2.82. The quantitative estimate of drug-likeness (QED) is 0.538. The molecule has 0 amide bonds. The van der Waals surface area contributed by atoms with E-state index in [1.165, 1.54) is 7.11 Å². The van der Waals surface area contributed by atoms with E-state index in [1.54, 1.807) is 31.3 Å². The van der Waals surface area contributed by atoms with E-state index in [9.17, 15) is 4.79 Å². The van der Waals surface area contributed by atoms with Crippen LogP contribution in [0, 0.1) is 0 Å². The molecular formula is C23H24N2O6S. The molecule has 0 aromatic heterocycles. The smallest absolute Gasteiger partial charge is 0.337 e. The molecule has 32 heavy (non-hydrogen) atoms. The van der Waals surface area contributed by atoms with Gasteiger partial charge in [-0.3, -0.25) is 4.90 Å². The second-order valence-electron chi connectivity index (χ2n) is 7.14. The number of fused-ring (bicyclic) bond motifs is 1. The van der Waals surface area contributed by atoms with Gasteiger partial charge >= 0.3 is 5.97 Å². The third kappa shape index (κ3) is 3.80. The molecule has 0 unspecified atom stereocenters. The summed E-state index contributed by atoms with van der Waals surface area (Å²) in [5.74, 6) is 2.03. The number of hydrogen-bond donors (Lipinski definition) is 1. The first-order chi connectivity index (χ1) is 15.5. The van der Waals surface area contributed by atoms with Crippen molar-refractivity contribution in [2.45, 2.75) is 13.0 Å². The Morgan fingerprint density at radius 3 is 2.50 bits per heavy atom. The Hall–Kier alpha value is -3.46. The number of hydrogen-bond acceptors (Lipinski definition) is 7. The molecule has 2 heterocycles. The highest BCUT2D eigenvalue weighted by Gasteiger charge is 2.37. The van der Waals surface area contributed by atoms with Gasteiger partial charge in [-0.25, -0.2) is 4.79 Å². The minimum absolute atomic E-state index is 0.416. The fourth-order valence-corrected chi connectivity index (χ4v) is 4.25. The standard InChI is InChI=1S/C23H24N2O6S/c1-13-20(22(26)29-4)21(16-7-6-15(27-2)12-18(16)28-3)24-23(32)25(13)14-5-8-17-19(11-14)31-10-9-30-17/h5-8,11-12,21H,9-10H2,1-4H3,(H,24,32)/t21-/m1/s1. The van der Waals surface area contributed by atoms with Gasteiger partial charge in [0.25, 0.3) is 0 Å². The Balaban J connectivity index is 1.82. The zero-order valence-corrected chi connectivity index (χ0v) is 19.1. The molecule has 0 radical (unpaired) electrons. The van der Waals surface area contributed by atoms with Gasteiger partial charge in [0, 0.05) is 23.4 Å². The summed E-state index contributed by atoms with van der Waals surface area (Å²) < 4.78 is 27.3. The molecule has 2 aromatic rings. The topological polar surface area (TPSA) is 78.5 Å². The van der Waals surface area contributed by atoms with E-state index < -0.39 is 12.0 Å². The highest BCUT2D eigenvalue weighted by Crippen LogP contribution is 2.41. The van der Waals surface area contributed by atoms with Crippen molar-refractivity contribution >= 4 is 29.0 Å². The molecular weight excluding hydrogens is 432 g/mol. The van der Waals surface area contributed by atoms with Crippen molar-refractivity contribution in [2.75, 3.05) is 39.4 Å². The SMILES string of the molecule is COC(=O)C1=C(C)N(c2ccc3c(c2)OCCO3)C(=S)N[C@@H]1c1ccc(OC)cc1OC. The maximum Gasteiger partial charge on any atom is 0.337 e. The number of esters is 1. The van der Waals surface area contributed by atoms with Crippen LogP contribution in [0.4, 0.5) is 5.69 Å². The lowest BCUT2D eigenvalue weighted by atomic mass is 9.94. The molecule has 0 spiro atoms. The van der Waals surface area contributed by atoms with E-state index in [2.05, 4.69) is 5.32 Å². The molecule has 0 fully saturated rings. The molecule has 9 heteroatoms. The lowest BCUT2D eigenvalue weighted by Gasteiger charge is -2.38. The van der Waals surface area contributed by atoms with Crippen LogP contribution >= 0.6 is 12.2 Å².